The molecule has 0 aromatic heterocycles. The highest BCUT2D eigenvalue weighted by atomic mass is 16.3. The lowest BCUT2D eigenvalue weighted by atomic mass is 9.40. The molecule has 0 heterocycles. The molecule has 0 saturated heterocycles. The van der Waals surface area contributed by atoms with Gasteiger partial charge < -0.3 is 10.2 Å². The van der Waals surface area contributed by atoms with Crippen LogP contribution in [0.15, 0.2) is 36.4 Å². The van der Waals surface area contributed by atoms with E-state index in [0.717, 1.165) is 6.92 Å². The van der Waals surface area contributed by atoms with Crippen LogP contribution in [0.5, 0.6) is 5.75 Å². The second-order valence-electron chi connectivity index (χ2n) is 13.6. The molecule has 0 spiro atoms. The Kier molecular flexibility index (Phi) is 7.24. The number of benzene rings is 2. The van der Waals surface area contributed by atoms with E-state index in [1.54, 1.807) is 52.0 Å². The Morgan fingerprint density at radius 1 is 1.02 bits per heavy atom. The predicted octanol–water partition coefficient (Wildman–Crippen LogP) is 4.74. The Bertz CT molecular complexity index is 1620. The van der Waals surface area contributed by atoms with Gasteiger partial charge in [0, 0.05) is 23.3 Å². The minimum atomic E-state index is -2.73. The first kappa shape index (κ1) is 30.7. The molecular weight excluding hydrogens is 548 g/mol. The molecule has 2 fully saturated rings. The van der Waals surface area contributed by atoms with Gasteiger partial charge in [-0.1, -0.05) is 58.9 Å². The van der Waals surface area contributed by atoms with Crippen molar-refractivity contribution < 1.29 is 39.0 Å². The van der Waals surface area contributed by atoms with Crippen molar-refractivity contribution in [2.75, 3.05) is 0 Å². The van der Waals surface area contributed by atoms with Crippen LogP contribution in [0, 0.1) is 34.5 Å². The van der Waals surface area contributed by atoms with Crippen LogP contribution >= 0.6 is 0 Å². The fourth-order valence-electron chi connectivity index (χ4n) is 8.64. The highest BCUT2D eigenvalue weighted by Gasteiger charge is 2.76. The Morgan fingerprint density at radius 3 is 2.30 bits per heavy atom. The fraction of sp³-hybridized carbons (Fsp3) is 0.486. The summed E-state index contributed by atoms with van der Waals surface area (Å²) in [7, 11) is 0. The molecule has 8 nitrogen and oxygen atoms in total. The predicted molar refractivity (Wildman–Crippen MR) is 158 cm³/mol. The van der Waals surface area contributed by atoms with Gasteiger partial charge in [-0.2, -0.15) is 0 Å². The Balaban J connectivity index is 1.71. The van der Waals surface area contributed by atoms with Crippen molar-refractivity contribution in [2.45, 2.75) is 72.8 Å². The van der Waals surface area contributed by atoms with E-state index in [2.05, 4.69) is 0 Å². The van der Waals surface area contributed by atoms with Crippen LogP contribution in [0.4, 0.5) is 0 Å². The van der Waals surface area contributed by atoms with Gasteiger partial charge in [-0.3, -0.25) is 28.8 Å². The first-order chi connectivity index (χ1) is 20.0. The summed E-state index contributed by atoms with van der Waals surface area (Å²) in [5.41, 5.74) is -3.18. The Hall–Kier alpha value is -3.78. The van der Waals surface area contributed by atoms with E-state index in [9.17, 15) is 39.0 Å². The zero-order valence-corrected chi connectivity index (χ0v) is 25.4. The second-order valence-corrected chi connectivity index (χ2v) is 13.6. The van der Waals surface area contributed by atoms with Crippen LogP contribution in [0.3, 0.4) is 0 Å². The lowest BCUT2D eigenvalue weighted by molar-refractivity contribution is -0.205. The molecule has 2 N–H and O–H groups in total. The average Bonchev–Trinajstić information content (AvgIpc) is 2.90. The molecular formula is C35H38O8. The van der Waals surface area contributed by atoms with E-state index in [0.29, 0.717) is 35.1 Å². The summed E-state index contributed by atoms with van der Waals surface area (Å²) >= 11 is 0. The lowest BCUT2D eigenvalue weighted by Crippen LogP contribution is -2.76. The monoisotopic (exact) mass is 586 g/mol. The maximum Gasteiger partial charge on any atom is 0.190 e. The molecule has 3 unspecified atom stereocenters. The smallest absolute Gasteiger partial charge is 0.190 e. The molecule has 3 aliphatic carbocycles. The summed E-state index contributed by atoms with van der Waals surface area (Å²) in [6, 6.07) is 10.1. The van der Waals surface area contributed by atoms with Gasteiger partial charge in [0.1, 0.15) is 17.5 Å². The Morgan fingerprint density at radius 2 is 1.70 bits per heavy atom. The number of phenols is 1. The third-order valence-corrected chi connectivity index (χ3v) is 10.2. The molecule has 0 radical (unpaired) electrons. The van der Waals surface area contributed by atoms with E-state index in [1.165, 1.54) is 6.07 Å². The van der Waals surface area contributed by atoms with Gasteiger partial charge >= 0.3 is 0 Å². The number of carbonyl (C=O) groups is 6. The highest BCUT2D eigenvalue weighted by Crippen LogP contribution is 2.64. The first-order valence-electron chi connectivity index (χ1n) is 14.9. The summed E-state index contributed by atoms with van der Waals surface area (Å²) in [6.45, 7) is 9.82. The standard InChI is InChI=1S/C35H38O8/c1-7-9-23(37)20-11-8-10-19(14-20)21-12-13-24(38)26-22(21)15-33(5)16-34(6)27(17(2)3)29(39)25(18(4)36)31(41)35(34,43)32(42)28(33)30(26)40/h8,10-14,17,25,27-28,38,43H,7,9,15-16H2,1-6H3/t25?,27?,28?,33-,34-,35+/m1/s1. The quantitative estimate of drug-likeness (QED) is 0.365. The molecule has 2 aromatic rings. The summed E-state index contributed by atoms with van der Waals surface area (Å²) in [5.74, 6) is -9.28. The molecule has 3 aliphatic rings. The number of ketones is 6. The number of carbonyl (C=O) groups excluding carboxylic acids is 6. The lowest BCUT2D eigenvalue weighted by Gasteiger charge is -2.61. The van der Waals surface area contributed by atoms with E-state index in [-0.39, 0.29) is 29.9 Å². The van der Waals surface area contributed by atoms with E-state index >= 15 is 0 Å². The number of hydrogen-bond acceptors (Lipinski definition) is 8. The van der Waals surface area contributed by atoms with Crippen molar-refractivity contribution in [1.29, 1.82) is 0 Å². The third kappa shape index (κ3) is 4.13. The van der Waals surface area contributed by atoms with Gasteiger partial charge in [-0.05, 0) is 66.3 Å². The van der Waals surface area contributed by atoms with Gasteiger partial charge in [0.25, 0.3) is 0 Å². The maximum atomic E-state index is 14.4. The molecule has 0 bridgehead atoms. The molecule has 226 valence electrons. The van der Waals surface area contributed by atoms with Crippen LogP contribution in [0.1, 0.15) is 87.1 Å². The highest BCUT2D eigenvalue weighted by molar-refractivity contribution is 6.32. The first-order valence-corrected chi connectivity index (χ1v) is 14.9. The number of hydrogen-bond donors (Lipinski definition) is 2. The van der Waals surface area contributed by atoms with Gasteiger partial charge in [0.05, 0.1) is 11.5 Å². The number of fused-ring (bicyclic) bond motifs is 3. The van der Waals surface area contributed by atoms with Crippen molar-refractivity contribution in [1.82, 2.24) is 0 Å². The van der Waals surface area contributed by atoms with Crippen molar-refractivity contribution in [3.05, 3.63) is 53.1 Å². The van der Waals surface area contributed by atoms with Crippen LogP contribution in [-0.4, -0.2) is 50.5 Å². The molecule has 8 heteroatoms. The van der Waals surface area contributed by atoms with E-state index < -0.39 is 69.0 Å². The van der Waals surface area contributed by atoms with Gasteiger partial charge in [-0.25, -0.2) is 0 Å². The van der Waals surface area contributed by atoms with Gasteiger partial charge in [-0.15, -0.1) is 0 Å². The Labute approximate surface area is 250 Å². The normalized spacial score (nSPS) is 31.9. The van der Waals surface area contributed by atoms with Crippen molar-refractivity contribution in [3.63, 3.8) is 0 Å². The van der Waals surface area contributed by atoms with E-state index in [4.69, 9.17) is 0 Å². The van der Waals surface area contributed by atoms with Crippen LogP contribution in [-0.2, 0) is 25.6 Å². The number of rotatable bonds is 6. The average molecular weight is 587 g/mol. The minimum Gasteiger partial charge on any atom is -0.507 e. The summed E-state index contributed by atoms with van der Waals surface area (Å²) in [6.07, 6.45) is 1.20. The van der Waals surface area contributed by atoms with Gasteiger partial charge in [0.15, 0.2) is 34.5 Å². The fourth-order valence-corrected chi connectivity index (χ4v) is 8.64. The van der Waals surface area contributed by atoms with Crippen molar-refractivity contribution >= 4 is 34.7 Å². The third-order valence-electron chi connectivity index (χ3n) is 10.2. The topological polar surface area (TPSA) is 143 Å². The number of aromatic hydroxyl groups is 1. The maximum absolute atomic E-state index is 14.4. The van der Waals surface area contributed by atoms with E-state index in [1.807, 2.05) is 13.0 Å². The van der Waals surface area contributed by atoms with Gasteiger partial charge in [0.2, 0.25) is 0 Å². The molecule has 5 rings (SSSR count). The number of Topliss-reactive ketones (excluding diaryl/α,β-unsaturated/α-hetero) is 6. The second kappa shape index (κ2) is 10.2. The summed E-state index contributed by atoms with van der Waals surface area (Å²) in [5, 5.41) is 23.1. The van der Waals surface area contributed by atoms with Crippen molar-refractivity contribution in [3.8, 4) is 16.9 Å². The zero-order chi connectivity index (χ0) is 31.8. The zero-order valence-electron chi connectivity index (χ0n) is 25.4. The van der Waals surface area contributed by atoms with Crippen LogP contribution in [0.25, 0.3) is 11.1 Å². The number of aliphatic hydroxyl groups is 1. The van der Waals surface area contributed by atoms with Crippen LogP contribution < -0.4 is 0 Å². The molecule has 0 aliphatic heterocycles. The van der Waals surface area contributed by atoms with Crippen LogP contribution in [0.2, 0.25) is 0 Å². The SMILES string of the molecule is CCCC(=O)c1cccc(-c2ccc(O)c3c2C[C@]2(C)C[C@]4(C)C(C(C)C)C(=O)C(C(C)=O)C(=O)[C@]4(O)C(=O)C2C3=O)c1. The van der Waals surface area contributed by atoms with Crippen molar-refractivity contribution in [2.24, 2.45) is 34.5 Å². The largest absolute Gasteiger partial charge is 0.507 e. The number of phenolic OH excluding ortho intramolecular Hbond substituents is 1. The molecule has 2 saturated carbocycles. The summed E-state index contributed by atoms with van der Waals surface area (Å²) < 4.78 is 0. The molecule has 0 amide bonds. The molecule has 43 heavy (non-hydrogen) atoms. The summed E-state index contributed by atoms with van der Waals surface area (Å²) in [4.78, 5) is 81.3. The molecule has 2 aromatic carbocycles. The minimum absolute atomic E-state index is 0.0135. The molecule has 6 atom stereocenters.